The van der Waals surface area contributed by atoms with E-state index in [1.165, 1.54) is 6.07 Å². The summed E-state index contributed by atoms with van der Waals surface area (Å²) in [5.74, 6) is 0. The number of hydrazine groups is 1. The van der Waals surface area contributed by atoms with Crippen LogP contribution in [0.4, 0.5) is 4.79 Å². The maximum atomic E-state index is 13.2. The highest BCUT2D eigenvalue weighted by Gasteiger charge is 2.27. The Morgan fingerprint density at radius 2 is 1.66 bits per heavy atom. The maximum absolute atomic E-state index is 13.2. The van der Waals surface area contributed by atoms with Crippen molar-refractivity contribution in [2.24, 2.45) is 0 Å². The number of piperidine rings is 1. The van der Waals surface area contributed by atoms with Gasteiger partial charge in [-0.3, -0.25) is 0 Å². The summed E-state index contributed by atoms with van der Waals surface area (Å²) >= 11 is 0. The molecule has 3 aromatic rings. The molecule has 3 aromatic carbocycles. The monoisotopic (exact) mass is 448 g/mol. The van der Waals surface area contributed by atoms with E-state index in [9.17, 15) is 13.2 Å². The average Bonchev–Trinajstić information content (AvgIpc) is 2.83. The van der Waals surface area contributed by atoms with E-state index >= 15 is 0 Å². The van der Waals surface area contributed by atoms with E-state index in [-0.39, 0.29) is 17.5 Å². The van der Waals surface area contributed by atoms with Crippen molar-refractivity contribution in [1.29, 1.82) is 5.26 Å². The molecule has 7 nitrogen and oxygen atoms in total. The fraction of sp³-hybridized carbons (Fsp3) is 0.250. The number of urea groups is 1. The molecule has 1 fully saturated rings. The number of nitriles is 1. The third-order valence-electron chi connectivity index (χ3n) is 5.54. The molecule has 32 heavy (non-hydrogen) atoms. The number of benzene rings is 3. The van der Waals surface area contributed by atoms with Gasteiger partial charge in [-0.2, -0.15) is 5.26 Å². The van der Waals surface area contributed by atoms with Gasteiger partial charge in [-0.1, -0.05) is 42.5 Å². The predicted molar refractivity (Wildman–Crippen MR) is 122 cm³/mol. The Hall–Kier alpha value is -3.41. The second-order valence-corrected chi connectivity index (χ2v) is 9.49. The van der Waals surface area contributed by atoms with Gasteiger partial charge in [0.2, 0.25) is 0 Å². The Morgan fingerprint density at radius 3 is 2.34 bits per heavy atom. The minimum Gasteiger partial charge on any atom is -0.324 e. The third-order valence-corrected chi connectivity index (χ3v) is 6.88. The molecule has 0 aliphatic carbocycles. The molecule has 0 radical (unpaired) electrons. The molecule has 0 unspecified atom stereocenters. The molecule has 1 heterocycles. The number of hydrogen-bond donors (Lipinski definition) is 1. The Bertz CT molecular complexity index is 1260. The molecule has 8 heteroatoms. The number of hydrogen-bond acceptors (Lipinski definition) is 4. The van der Waals surface area contributed by atoms with E-state index in [0.29, 0.717) is 18.7 Å². The number of likely N-dealkylation sites (tertiary alicyclic amines) is 1. The lowest BCUT2D eigenvalue weighted by Crippen LogP contribution is -2.52. The van der Waals surface area contributed by atoms with Crippen LogP contribution in [0.15, 0.2) is 71.6 Å². The van der Waals surface area contributed by atoms with E-state index in [1.807, 2.05) is 24.3 Å². The lowest BCUT2D eigenvalue weighted by atomic mass is 10.1. The quantitative estimate of drug-likeness (QED) is 0.597. The fourth-order valence-electron chi connectivity index (χ4n) is 3.79. The number of carbonyl (C=O) groups is 1. The van der Waals surface area contributed by atoms with E-state index in [2.05, 4.69) is 10.9 Å². The largest absolute Gasteiger partial charge is 0.335 e. The van der Waals surface area contributed by atoms with Crippen molar-refractivity contribution >= 4 is 26.8 Å². The number of fused-ring (bicyclic) bond motifs is 1. The summed E-state index contributed by atoms with van der Waals surface area (Å²) in [5.41, 5.74) is 1.22. The van der Waals surface area contributed by atoms with Crippen molar-refractivity contribution in [2.45, 2.75) is 30.7 Å². The first-order chi connectivity index (χ1) is 15.5. The molecule has 0 saturated carbocycles. The molecule has 0 aromatic heterocycles. The highest BCUT2D eigenvalue weighted by atomic mass is 32.2. The molecule has 1 aliphatic heterocycles. The number of nitrogens with one attached hydrogen (secondary N) is 1. The zero-order valence-electron chi connectivity index (χ0n) is 17.6. The van der Waals surface area contributed by atoms with Crippen LogP contribution in [-0.2, 0) is 16.6 Å². The van der Waals surface area contributed by atoms with Gasteiger partial charge in [0.05, 0.1) is 23.1 Å². The van der Waals surface area contributed by atoms with Gasteiger partial charge in [0.15, 0.2) is 0 Å². The molecule has 0 bridgehead atoms. The summed E-state index contributed by atoms with van der Waals surface area (Å²) in [4.78, 5) is 17.5. The maximum Gasteiger partial charge on any atom is 0.335 e. The molecular formula is C24H24N4O3S. The first kappa shape index (κ1) is 21.8. The average molecular weight is 449 g/mol. The zero-order chi connectivity index (χ0) is 22.6. The smallest absolute Gasteiger partial charge is 0.324 e. The number of sulfonamides is 1. The van der Waals surface area contributed by atoms with Crippen molar-refractivity contribution in [2.75, 3.05) is 13.1 Å². The van der Waals surface area contributed by atoms with Gasteiger partial charge < -0.3 is 4.90 Å². The van der Waals surface area contributed by atoms with Gasteiger partial charge in [-0.15, -0.1) is 4.83 Å². The topological polar surface area (TPSA) is 93.5 Å². The van der Waals surface area contributed by atoms with Crippen molar-refractivity contribution in [3.05, 3.63) is 77.9 Å². The number of nitrogens with zero attached hydrogens (tertiary/aromatic N) is 3. The highest BCUT2D eigenvalue weighted by Crippen LogP contribution is 2.20. The summed E-state index contributed by atoms with van der Waals surface area (Å²) in [6.45, 7) is 1.24. The van der Waals surface area contributed by atoms with E-state index in [1.54, 1.807) is 41.3 Å². The summed E-state index contributed by atoms with van der Waals surface area (Å²) in [7, 11) is -3.99. The molecule has 4 rings (SSSR count). The molecule has 0 spiro atoms. The molecule has 1 aliphatic rings. The summed E-state index contributed by atoms with van der Waals surface area (Å²) in [5, 5.41) is 11.9. The lowest BCUT2D eigenvalue weighted by molar-refractivity contribution is 0.132. The van der Waals surface area contributed by atoms with Gasteiger partial charge in [-0.05, 0) is 59.9 Å². The zero-order valence-corrected chi connectivity index (χ0v) is 18.4. The number of carbonyl (C=O) groups excluding carboxylic acids is 1. The van der Waals surface area contributed by atoms with Crippen molar-refractivity contribution in [1.82, 2.24) is 14.7 Å². The second kappa shape index (κ2) is 9.39. The molecule has 164 valence electrons. The van der Waals surface area contributed by atoms with Crippen molar-refractivity contribution < 1.29 is 13.2 Å². The summed E-state index contributed by atoms with van der Waals surface area (Å²) < 4.78 is 26.4. The first-order valence-corrected chi connectivity index (χ1v) is 12.0. The standard InChI is InChI=1S/C24H24N4O3S/c25-17-19-8-10-20(11-9-19)18-28(24(29)27-14-4-1-5-15-27)26-32(30,31)23-13-12-21-6-2-3-7-22(21)16-23/h2-3,6-13,16,26H,1,4-5,14-15,18H2. The number of rotatable bonds is 5. The van der Waals surface area contributed by atoms with Crippen LogP contribution in [0.25, 0.3) is 10.8 Å². The van der Waals surface area contributed by atoms with Gasteiger partial charge >= 0.3 is 6.03 Å². The van der Waals surface area contributed by atoms with E-state index in [0.717, 1.165) is 40.6 Å². The first-order valence-electron chi connectivity index (χ1n) is 10.5. The Morgan fingerprint density at radius 1 is 0.969 bits per heavy atom. The molecule has 1 N–H and O–H groups in total. The minimum atomic E-state index is -3.99. The van der Waals surface area contributed by atoms with E-state index in [4.69, 9.17) is 5.26 Å². The molecular weight excluding hydrogens is 424 g/mol. The van der Waals surface area contributed by atoms with Crippen molar-refractivity contribution in [3.63, 3.8) is 0 Å². The van der Waals surface area contributed by atoms with Crippen LogP contribution in [0.5, 0.6) is 0 Å². The highest BCUT2D eigenvalue weighted by molar-refractivity contribution is 7.89. The Balaban J connectivity index is 1.62. The van der Waals surface area contributed by atoms with Crippen LogP contribution in [0.2, 0.25) is 0 Å². The third kappa shape index (κ3) is 4.90. The van der Waals surface area contributed by atoms with Crippen LogP contribution in [0, 0.1) is 11.3 Å². The fourth-order valence-corrected chi connectivity index (χ4v) is 4.86. The van der Waals surface area contributed by atoms with Gasteiger partial charge in [-0.25, -0.2) is 18.2 Å². The van der Waals surface area contributed by atoms with Crippen LogP contribution in [0.1, 0.15) is 30.4 Å². The van der Waals surface area contributed by atoms with Crippen LogP contribution in [0.3, 0.4) is 0 Å². The molecule has 1 saturated heterocycles. The van der Waals surface area contributed by atoms with Crippen LogP contribution in [-0.4, -0.2) is 37.4 Å². The summed E-state index contributed by atoms with van der Waals surface area (Å²) in [6.07, 6.45) is 2.85. The summed E-state index contributed by atoms with van der Waals surface area (Å²) in [6, 6.07) is 20.8. The second-order valence-electron chi connectivity index (χ2n) is 7.83. The minimum absolute atomic E-state index is 0.0495. The van der Waals surface area contributed by atoms with Gasteiger partial charge in [0.25, 0.3) is 10.0 Å². The Labute approximate surface area is 187 Å². The normalized spacial score (nSPS) is 14.2. The van der Waals surface area contributed by atoms with Gasteiger partial charge in [0.1, 0.15) is 0 Å². The lowest BCUT2D eigenvalue weighted by Gasteiger charge is -2.33. The number of amides is 2. The van der Waals surface area contributed by atoms with E-state index < -0.39 is 10.0 Å². The van der Waals surface area contributed by atoms with Crippen LogP contribution >= 0.6 is 0 Å². The van der Waals surface area contributed by atoms with Gasteiger partial charge in [0, 0.05) is 13.1 Å². The molecule has 2 amide bonds. The van der Waals surface area contributed by atoms with Crippen LogP contribution < -0.4 is 4.83 Å². The SMILES string of the molecule is N#Cc1ccc(CN(NS(=O)(=O)c2ccc3ccccc3c2)C(=O)N2CCCCC2)cc1. The Kier molecular flexibility index (Phi) is 6.40. The van der Waals surface area contributed by atoms with Crippen molar-refractivity contribution in [3.8, 4) is 6.07 Å². The predicted octanol–water partition coefficient (Wildman–Crippen LogP) is 4.01. The molecule has 0 atom stereocenters.